The molecular formula is C14H24N2S. The highest BCUT2D eigenvalue weighted by molar-refractivity contribution is 7.07. The van der Waals surface area contributed by atoms with Crippen LogP contribution in [0.4, 0.5) is 0 Å². The van der Waals surface area contributed by atoms with Crippen molar-refractivity contribution in [2.24, 2.45) is 17.8 Å². The van der Waals surface area contributed by atoms with Crippen molar-refractivity contribution in [1.82, 2.24) is 10.3 Å². The Hall–Kier alpha value is -0.410. The first kappa shape index (κ1) is 13.0. The number of rotatable bonds is 4. The van der Waals surface area contributed by atoms with Crippen LogP contribution >= 0.6 is 11.3 Å². The van der Waals surface area contributed by atoms with Gasteiger partial charge in [0.05, 0.1) is 17.2 Å². The summed E-state index contributed by atoms with van der Waals surface area (Å²) in [5.41, 5.74) is 3.21. The maximum Gasteiger partial charge on any atom is 0.0795 e. The SMILES string of the molecule is CCNC(c1cscn1)C1CCC(C)C(C)C1. The number of thiazole rings is 1. The molecule has 17 heavy (non-hydrogen) atoms. The van der Waals surface area contributed by atoms with Gasteiger partial charge < -0.3 is 5.32 Å². The molecule has 0 aliphatic heterocycles. The summed E-state index contributed by atoms with van der Waals surface area (Å²) in [4.78, 5) is 4.51. The minimum atomic E-state index is 0.473. The van der Waals surface area contributed by atoms with Gasteiger partial charge in [-0.3, -0.25) is 0 Å². The minimum absolute atomic E-state index is 0.473. The smallest absolute Gasteiger partial charge is 0.0795 e. The topological polar surface area (TPSA) is 24.9 Å². The Morgan fingerprint density at radius 2 is 2.24 bits per heavy atom. The normalized spacial score (nSPS) is 31.4. The quantitative estimate of drug-likeness (QED) is 0.880. The molecule has 1 aliphatic rings. The zero-order chi connectivity index (χ0) is 12.3. The second-order valence-corrected chi connectivity index (χ2v) is 6.20. The molecule has 2 rings (SSSR count). The zero-order valence-corrected chi connectivity index (χ0v) is 12.0. The lowest BCUT2D eigenvalue weighted by Gasteiger charge is -2.36. The van der Waals surface area contributed by atoms with Crippen LogP contribution in [0.1, 0.15) is 51.8 Å². The lowest BCUT2D eigenvalue weighted by atomic mass is 9.73. The van der Waals surface area contributed by atoms with Crippen LogP contribution in [0.5, 0.6) is 0 Å². The van der Waals surface area contributed by atoms with E-state index >= 15 is 0 Å². The molecule has 0 aromatic carbocycles. The molecule has 1 aromatic rings. The molecule has 4 unspecified atom stereocenters. The van der Waals surface area contributed by atoms with Crippen LogP contribution in [-0.4, -0.2) is 11.5 Å². The summed E-state index contributed by atoms with van der Waals surface area (Å²) in [6, 6.07) is 0.473. The van der Waals surface area contributed by atoms with E-state index in [9.17, 15) is 0 Å². The van der Waals surface area contributed by atoms with E-state index in [1.54, 1.807) is 11.3 Å². The van der Waals surface area contributed by atoms with Crippen molar-refractivity contribution in [2.75, 3.05) is 6.54 Å². The molecule has 1 aliphatic carbocycles. The van der Waals surface area contributed by atoms with Crippen LogP contribution in [0.25, 0.3) is 0 Å². The van der Waals surface area contributed by atoms with Gasteiger partial charge in [0.2, 0.25) is 0 Å². The average Bonchev–Trinajstić information content (AvgIpc) is 2.83. The van der Waals surface area contributed by atoms with E-state index in [2.05, 4.69) is 36.5 Å². The Balaban J connectivity index is 2.06. The van der Waals surface area contributed by atoms with Crippen molar-refractivity contribution in [3.8, 4) is 0 Å². The highest BCUT2D eigenvalue weighted by Gasteiger charge is 2.31. The minimum Gasteiger partial charge on any atom is -0.309 e. The van der Waals surface area contributed by atoms with Crippen molar-refractivity contribution in [2.45, 2.75) is 46.1 Å². The van der Waals surface area contributed by atoms with Crippen molar-refractivity contribution in [3.05, 3.63) is 16.6 Å². The highest BCUT2D eigenvalue weighted by atomic mass is 32.1. The Kier molecular flexibility index (Phi) is 4.57. The molecule has 2 nitrogen and oxygen atoms in total. The number of nitrogens with zero attached hydrogens (tertiary/aromatic N) is 1. The van der Waals surface area contributed by atoms with E-state index in [0.29, 0.717) is 6.04 Å². The lowest BCUT2D eigenvalue weighted by Crippen LogP contribution is -2.33. The predicted molar refractivity (Wildman–Crippen MR) is 74.2 cm³/mol. The number of aromatic nitrogens is 1. The first-order chi connectivity index (χ1) is 8.22. The molecule has 0 bridgehead atoms. The summed E-state index contributed by atoms with van der Waals surface area (Å²) in [5.74, 6) is 2.51. The summed E-state index contributed by atoms with van der Waals surface area (Å²) in [5, 5.41) is 5.84. The summed E-state index contributed by atoms with van der Waals surface area (Å²) in [6.07, 6.45) is 4.06. The summed E-state index contributed by atoms with van der Waals surface area (Å²) in [7, 11) is 0. The number of nitrogens with one attached hydrogen (secondary N) is 1. The maximum absolute atomic E-state index is 4.51. The van der Waals surface area contributed by atoms with Crippen molar-refractivity contribution in [1.29, 1.82) is 0 Å². The van der Waals surface area contributed by atoms with Gasteiger partial charge in [0.15, 0.2) is 0 Å². The average molecular weight is 252 g/mol. The van der Waals surface area contributed by atoms with Gasteiger partial charge in [0.25, 0.3) is 0 Å². The van der Waals surface area contributed by atoms with Gasteiger partial charge in [0, 0.05) is 5.38 Å². The summed E-state index contributed by atoms with van der Waals surface area (Å²) < 4.78 is 0. The molecular weight excluding hydrogens is 228 g/mol. The van der Waals surface area contributed by atoms with E-state index in [0.717, 1.165) is 24.3 Å². The van der Waals surface area contributed by atoms with Gasteiger partial charge in [-0.15, -0.1) is 11.3 Å². The van der Waals surface area contributed by atoms with Crippen molar-refractivity contribution >= 4 is 11.3 Å². The first-order valence-electron chi connectivity index (χ1n) is 6.83. The van der Waals surface area contributed by atoms with Crippen LogP contribution in [0.2, 0.25) is 0 Å². The van der Waals surface area contributed by atoms with Crippen molar-refractivity contribution in [3.63, 3.8) is 0 Å². The molecule has 96 valence electrons. The maximum atomic E-state index is 4.51. The van der Waals surface area contributed by atoms with E-state index in [4.69, 9.17) is 0 Å². The summed E-state index contributed by atoms with van der Waals surface area (Å²) in [6.45, 7) is 8.02. The predicted octanol–water partition coefficient (Wildman–Crippen LogP) is 3.87. The van der Waals surface area contributed by atoms with Gasteiger partial charge >= 0.3 is 0 Å². The van der Waals surface area contributed by atoms with Gasteiger partial charge in [-0.25, -0.2) is 4.98 Å². The van der Waals surface area contributed by atoms with E-state index in [-0.39, 0.29) is 0 Å². The van der Waals surface area contributed by atoms with Gasteiger partial charge in [-0.1, -0.05) is 27.2 Å². The monoisotopic (exact) mass is 252 g/mol. The largest absolute Gasteiger partial charge is 0.309 e. The van der Waals surface area contributed by atoms with Gasteiger partial charge in [-0.05, 0) is 37.1 Å². The molecule has 1 saturated carbocycles. The van der Waals surface area contributed by atoms with Gasteiger partial charge in [0.1, 0.15) is 0 Å². The van der Waals surface area contributed by atoms with Crippen molar-refractivity contribution < 1.29 is 0 Å². The third-order valence-electron chi connectivity index (χ3n) is 4.30. The molecule has 0 spiro atoms. The van der Waals surface area contributed by atoms with Crippen LogP contribution < -0.4 is 5.32 Å². The Bertz CT molecular complexity index is 323. The van der Waals surface area contributed by atoms with E-state index < -0.39 is 0 Å². The number of hydrogen-bond acceptors (Lipinski definition) is 3. The fourth-order valence-electron chi connectivity index (χ4n) is 3.00. The lowest BCUT2D eigenvalue weighted by molar-refractivity contribution is 0.170. The molecule has 1 N–H and O–H groups in total. The Morgan fingerprint density at radius 1 is 1.41 bits per heavy atom. The molecule has 0 amide bonds. The van der Waals surface area contributed by atoms with Crippen LogP contribution in [0.3, 0.4) is 0 Å². The number of hydrogen-bond donors (Lipinski definition) is 1. The molecule has 1 fully saturated rings. The van der Waals surface area contributed by atoms with E-state index in [1.807, 2.05) is 5.51 Å². The van der Waals surface area contributed by atoms with Crippen LogP contribution in [-0.2, 0) is 0 Å². The van der Waals surface area contributed by atoms with E-state index in [1.165, 1.54) is 25.0 Å². The Morgan fingerprint density at radius 3 is 2.82 bits per heavy atom. The molecule has 0 saturated heterocycles. The molecule has 1 aromatic heterocycles. The molecule has 4 atom stereocenters. The Labute approximate surface area is 109 Å². The standard InChI is InChI=1S/C14H24N2S/c1-4-15-14(13-8-17-9-16-13)12-6-5-10(2)11(3)7-12/h8-12,14-15H,4-7H2,1-3H3. The fraction of sp³-hybridized carbons (Fsp3) is 0.786. The van der Waals surface area contributed by atoms with Gasteiger partial charge in [-0.2, -0.15) is 0 Å². The second-order valence-electron chi connectivity index (χ2n) is 5.48. The molecule has 3 heteroatoms. The van der Waals surface area contributed by atoms with Crippen LogP contribution in [0.15, 0.2) is 10.9 Å². The summed E-state index contributed by atoms with van der Waals surface area (Å²) >= 11 is 1.71. The second kappa shape index (κ2) is 5.96. The zero-order valence-electron chi connectivity index (χ0n) is 11.1. The van der Waals surface area contributed by atoms with Crippen LogP contribution in [0, 0.1) is 17.8 Å². The third-order valence-corrected chi connectivity index (χ3v) is 4.91. The molecule has 1 heterocycles. The molecule has 0 radical (unpaired) electrons. The third kappa shape index (κ3) is 3.08. The first-order valence-corrected chi connectivity index (χ1v) is 7.78. The fourth-order valence-corrected chi connectivity index (χ4v) is 3.59. The highest BCUT2D eigenvalue weighted by Crippen LogP contribution is 2.39.